The minimum atomic E-state index is -0.594. The summed E-state index contributed by atoms with van der Waals surface area (Å²) in [6.45, 7) is 3.56. The third kappa shape index (κ3) is 2.97. The van der Waals surface area contributed by atoms with Gasteiger partial charge in [0.15, 0.2) is 0 Å². The van der Waals surface area contributed by atoms with Gasteiger partial charge >= 0.3 is 0 Å². The van der Waals surface area contributed by atoms with Gasteiger partial charge in [0.05, 0.1) is 34.8 Å². The Morgan fingerprint density at radius 3 is 2.28 bits per heavy atom. The molecule has 2 aromatic rings. The van der Waals surface area contributed by atoms with E-state index in [4.69, 9.17) is 4.42 Å². The molecule has 0 amide bonds. The second-order valence-electron chi connectivity index (χ2n) is 5.69. The zero-order chi connectivity index (χ0) is 18.1. The minimum absolute atomic E-state index is 0.321. The molecule has 0 atom stereocenters. The van der Waals surface area contributed by atoms with E-state index in [0.29, 0.717) is 44.1 Å². The number of halogens is 2. The quantitative estimate of drug-likeness (QED) is 0.761. The predicted molar refractivity (Wildman–Crippen MR) is 94.3 cm³/mol. The zero-order valence-electron chi connectivity index (χ0n) is 13.5. The Labute approximate surface area is 153 Å². The summed E-state index contributed by atoms with van der Waals surface area (Å²) in [7, 11) is 0. The highest BCUT2D eigenvalue weighted by molar-refractivity contribution is 9.10. The number of nitrogens with one attached hydrogen (secondary N) is 1. The molecule has 0 fully saturated rings. The van der Waals surface area contributed by atoms with Crippen molar-refractivity contribution in [2.75, 3.05) is 0 Å². The first-order valence-corrected chi connectivity index (χ1v) is 8.29. The van der Waals surface area contributed by atoms with E-state index in [1.54, 1.807) is 38.1 Å². The van der Waals surface area contributed by atoms with Gasteiger partial charge in [-0.05, 0) is 44.2 Å². The largest absolute Gasteiger partial charge is 0.460 e. The lowest BCUT2D eigenvalue weighted by molar-refractivity contribution is 0.506. The van der Waals surface area contributed by atoms with E-state index in [0.717, 1.165) is 0 Å². The van der Waals surface area contributed by atoms with Gasteiger partial charge < -0.3 is 9.73 Å². The highest BCUT2D eigenvalue weighted by Gasteiger charge is 2.32. The molecule has 2 heterocycles. The molecule has 0 spiro atoms. The summed E-state index contributed by atoms with van der Waals surface area (Å²) in [4.78, 5) is 0. The average Bonchev–Trinajstić information content (AvgIpc) is 3.03. The molecule has 3 rings (SSSR count). The molecule has 0 bridgehead atoms. The first-order valence-electron chi connectivity index (χ1n) is 7.50. The fraction of sp³-hybridized carbons (Fsp3) is 0.158. The van der Waals surface area contributed by atoms with Crippen LogP contribution < -0.4 is 5.32 Å². The summed E-state index contributed by atoms with van der Waals surface area (Å²) in [5.41, 5.74) is 2.51. The number of rotatable bonds is 2. The van der Waals surface area contributed by atoms with E-state index in [-0.39, 0.29) is 0 Å². The lowest BCUT2D eigenvalue weighted by Crippen LogP contribution is -2.23. The maximum absolute atomic E-state index is 14.2. The Bertz CT molecular complexity index is 968. The van der Waals surface area contributed by atoms with E-state index in [1.807, 2.05) is 0 Å². The standard InChI is InChI=1S/C19H13BrFN3O/c1-10-14(8-22)19(15(9-23)11(2)24-10)18-6-5-17(25-18)13-4-3-12(20)7-16(13)21/h3-7,19,24H,1-2H3. The molecule has 1 aromatic heterocycles. The highest BCUT2D eigenvalue weighted by atomic mass is 79.9. The van der Waals surface area contributed by atoms with E-state index < -0.39 is 11.7 Å². The van der Waals surface area contributed by atoms with Gasteiger partial charge in [0.25, 0.3) is 0 Å². The van der Waals surface area contributed by atoms with E-state index in [2.05, 4.69) is 33.4 Å². The molecule has 124 valence electrons. The van der Waals surface area contributed by atoms with Crippen LogP contribution in [0.5, 0.6) is 0 Å². The molecule has 25 heavy (non-hydrogen) atoms. The van der Waals surface area contributed by atoms with Crippen molar-refractivity contribution in [3.63, 3.8) is 0 Å². The van der Waals surface area contributed by atoms with Crippen molar-refractivity contribution in [3.8, 4) is 23.5 Å². The SMILES string of the molecule is CC1=C(C#N)C(c2ccc(-c3ccc(Br)cc3F)o2)C(C#N)=C(C)N1. The molecule has 0 radical (unpaired) electrons. The molecular formula is C19H13BrFN3O. The smallest absolute Gasteiger partial charge is 0.137 e. The zero-order valence-corrected chi connectivity index (χ0v) is 15.1. The molecule has 0 unspecified atom stereocenters. The van der Waals surface area contributed by atoms with Crippen LogP contribution >= 0.6 is 15.9 Å². The maximum Gasteiger partial charge on any atom is 0.137 e. The van der Waals surface area contributed by atoms with Gasteiger partial charge in [-0.3, -0.25) is 0 Å². The van der Waals surface area contributed by atoms with Crippen molar-refractivity contribution < 1.29 is 8.81 Å². The van der Waals surface area contributed by atoms with Gasteiger partial charge in [-0.2, -0.15) is 10.5 Å². The Kier molecular flexibility index (Phi) is 4.48. The topological polar surface area (TPSA) is 72.8 Å². The molecule has 6 heteroatoms. The number of hydrogen-bond acceptors (Lipinski definition) is 4. The number of hydrogen-bond donors (Lipinski definition) is 1. The first-order chi connectivity index (χ1) is 12.0. The summed E-state index contributed by atoms with van der Waals surface area (Å²) in [6.07, 6.45) is 0. The summed E-state index contributed by atoms with van der Waals surface area (Å²) in [5.74, 6) is -0.224. The first kappa shape index (κ1) is 17.0. The second kappa shape index (κ2) is 6.58. The van der Waals surface area contributed by atoms with Crippen LogP contribution in [0.25, 0.3) is 11.3 Å². The number of nitrogens with zero attached hydrogens (tertiary/aromatic N) is 2. The van der Waals surface area contributed by atoms with Gasteiger partial charge in [0, 0.05) is 15.9 Å². The van der Waals surface area contributed by atoms with E-state index in [1.165, 1.54) is 6.07 Å². The Morgan fingerprint density at radius 2 is 1.72 bits per heavy atom. The average molecular weight is 398 g/mol. The van der Waals surface area contributed by atoms with Crippen LogP contribution in [-0.4, -0.2) is 0 Å². The van der Waals surface area contributed by atoms with Crippen molar-refractivity contribution in [3.05, 3.63) is 68.9 Å². The summed E-state index contributed by atoms with van der Waals surface area (Å²) < 4.78 is 20.6. The summed E-state index contributed by atoms with van der Waals surface area (Å²) in [6, 6.07) is 12.3. The molecular weight excluding hydrogens is 385 g/mol. The molecule has 1 N–H and O–H groups in total. The van der Waals surface area contributed by atoms with Crippen molar-refractivity contribution >= 4 is 15.9 Å². The van der Waals surface area contributed by atoms with Gasteiger partial charge in [-0.25, -0.2) is 4.39 Å². The van der Waals surface area contributed by atoms with Gasteiger partial charge in [0.2, 0.25) is 0 Å². The van der Waals surface area contributed by atoms with Crippen LogP contribution in [-0.2, 0) is 0 Å². The lowest BCUT2D eigenvalue weighted by atomic mass is 9.85. The van der Waals surface area contributed by atoms with E-state index >= 15 is 0 Å². The minimum Gasteiger partial charge on any atom is -0.460 e. The number of dihydropyridines is 1. The third-order valence-corrected chi connectivity index (χ3v) is 4.60. The van der Waals surface area contributed by atoms with Crippen molar-refractivity contribution in [1.82, 2.24) is 5.32 Å². The Hall–Kier alpha value is -2.83. The van der Waals surface area contributed by atoms with Gasteiger partial charge in [0.1, 0.15) is 17.3 Å². The number of benzene rings is 1. The number of furan rings is 1. The molecule has 0 saturated heterocycles. The molecule has 1 aliphatic heterocycles. The molecule has 0 saturated carbocycles. The van der Waals surface area contributed by atoms with E-state index in [9.17, 15) is 14.9 Å². The van der Waals surface area contributed by atoms with Crippen LogP contribution in [0.3, 0.4) is 0 Å². The molecule has 4 nitrogen and oxygen atoms in total. The monoisotopic (exact) mass is 397 g/mol. The third-order valence-electron chi connectivity index (χ3n) is 4.11. The Morgan fingerprint density at radius 1 is 1.08 bits per heavy atom. The van der Waals surface area contributed by atoms with Crippen LogP contribution in [0.1, 0.15) is 25.5 Å². The van der Waals surface area contributed by atoms with Crippen LogP contribution in [0.4, 0.5) is 4.39 Å². The maximum atomic E-state index is 14.2. The lowest BCUT2D eigenvalue weighted by Gasteiger charge is -2.24. The second-order valence-corrected chi connectivity index (χ2v) is 6.60. The van der Waals surface area contributed by atoms with Crippen LogP contribution in [0.2, 0.25) is 0 Å². The number of allylic oxidation sites excluding steroid dienone is 4. The fourth-order valence-corrected chi connectivity index (χ4v) is 3.25. The normalized spacial score (nSPS) is 15.0. The van der Waals surface area contributed by atoms with Gasteiger partial charge in [-0.15, -0.1) is 0 Å². The van der Waals surface area contributed by atoms with Crippen molar-refractivity contribution in [2.45, 2.75) is 19.8 Å². The molecule has 0 aliphatic carbocycles. The summed E-state index contributed by atoms with van der Waals surface area (Å²) >= 11 is 3.22. The van der Waals surface area contributed by atoms with Crippen LogP contribution in [0, 0.1) is 28.5 Å². The fourth-order valence-electron chi connectivity index (χ4n) is 2.92. The van der Waals surface area contributed by atoms with Crippen molar-refractivity contribution in [2.24, 2.45) is 0 Å². The predicted octanol–water partition coefficient (Wildman–Crippen LogP) is 5.13. The summed E-state index contributed by atoms with van der Waals surface area (Å²) in [5, 5.41) is 22.1. The highest BCUT2D eigenvalue weighted by Crippen LogP contribution is 2.39. The molecule has 1 aliphatic rings. The Balaban J connectivity index is 2.10. The van der Waals surface area contributed by atoms with Crippen LogP contribution in [0.15, 0.2) is 61.8 Å². The van der Waals surface area contributed by atoms with Crippen molar-refractivity contribution in [1.29, 1.82) is 10.5 Å². The number of nitriles is 2. The molecule has 1 aromatic carbocycles. The van der Waals surface area contributed by atoms with Gasteiger partial charge in [-0.1, -0.05) is 15.9 Å².